The number of hydrogen-bond donors (Lipinski definition) is 1. The fourth-order valence-corrected chi connectivity index (χ4v) is 1.19. The second-order valence-electron chi connectivity index (χ2n) is 3.96. The van der Waals surface area contributed by atoms with E-state index in [2.05, 4.69) is 26.1 Å². The molecule has 0 aromatic carbocycles. The number of rotatable bonds is 0. The molecule has 62 valence electrons. The van der Waals surface area contributed by atoms with Gasteiger partial charge in [0.1, 0.15) is 0 Å². The van der Waals surface area contributed by atoms with Crippen molar-refractivity contribution < 1.29 is 4.79 Å². The largest absolute Gasteiger partial charge is 0.352 e. The predicted molar refractivity (Wildman–Crippen MR) is 45.2 cm³/mol. The highest BCUT2D eigenvalue weighted by atomic mass is 16.1. The van der Waals surface area contributed by atoms with E-state index in [1.807, 2.05) is 0 Å². The molecule has 11 heavy (non-hydrogen) atoms. The van der Waals surface area contributed by atoms with Gasteiger partial charge >= 0.3 is 0 Å². The first-order valence-corrected chi connectivity index (χ1v) is 3.99. The zero-order valence-electron chi connectivity index (χ0n) is 7.40. The molecular formula is C9H15NO. The van der Waals surface area contributed by atoms with Crippen LogP contribution in [0.15, 0.2) is 11.6 Å². The molecule has 2 heteroatoms. The summed E-state index contributed by atoms with van der Waals surface area (Å²) in [5.74, 6) is 0.0566. The van der Waals surface area contributed by atoms with Gasteiger partial charge in [-0.25, -0.2) is 0 Å². The summed E-state index contributed by atoms with van der Waals surface area (Å²) in [6, 6.07) is 0. The lowest BCUT2D eigenvalue weighted by Gasteiger charge is -2.25. The van der Waals surface area contributed by atoms with Crippen LogP contribution in [0.5, 0.6) is 0 Å². The molecule has 0 aromatic rings. The van der Waals surface area contributed by atoms with Gasteiger partial charge in [-0.15, -0.1) is 0 Å². The van der Waals surface area contributed by atoms with E-state index in [0.29, 0.717) is 0 Å². The summed E-state index contributed by atoms with van der Waals surface area (Å²) < 4.78 is 0. The van der Waals surface area contributed by atoms with Gasteiger partial charge in [-0.2, -0.15) is 0 Å². The molecule has 0 saturated heterocycles. The van der Waals surface area contributed by atoms with Crippen molar-refractivity contribution in [2.75, 3.05) is 6.54 Å². The number of carbonyl (C=O) groups is 1. The quantitative estimate of drug-likeness (QED) is 0.561. The number of carbonyl (C=O) groups excluding carboxylic acids is 1. The molecule has 0 saturated carbocycles. The van der Waals surface area contributed by atoms with Gasteiger partial charge in [-0.05, 0) is 11.8 Å². The summed E-state index contributed by atoms with van der Waals surface area (Å²) in [6.07, 6.45) is 2.72. The summed E-state index contributed by atoms with van der Waals surface area (Å²) in [5.41, 5.74) is 1.40. The van der Waals surface area contributed by atoms with Crippen molar-refractivity contribution in [1.82, 2.24) is 5.32 Å². The van der Waals surface area contributed by atoms with Crippen molar-refractivity contribution in [3.63, 3.8) is 0 Å². The highest BCUT2D eigenvalue weighted by Crippen LogP contribution is 2.28. The first-order chi connectivity index (χ1) is 5.00. The molecule has 0 atom stereocenters. The summed E-state index contributed by atoms with van der Waals surface area (Å²) >= 11 is 0. The fourth-order valence-electron chi connectivity index (χ4n) is 1.19. The monoisotopic (exact) mass is 153 g/mol. The molecule has 1 amide bonds. The highest BCUT2D eigenvalue weighted by Gasteiger charge is 2.20. The molecule has 0 spiro atoms. The van der Waals surface area contributed by atoms with Gasteiger partial charge in [0.15, 0.2) is 0 Å². The second kappa shape index (κ2) is 2.68. The zero-order chi connectivity index (χ0) is 8.48. The van der Waals surface area contributed by atoms with E-state index in [1.165, 1.54) is 5.57 Å². The molecule has 1 N–H and O–H groups in total. The molecule has 1 rings (SSSR count). The Bertz CT molecular complexity index is 198. The maximum absolute atomic E-state index is 10.9. The SMILES string of the molecule is CC(C)(C)C1=CC(=O)NCC1. The Morgan fingerprint density at radius 2 is 2.09 bits per heavy atom. The van der Waals surface area contributed by atoms with Crippen LogP contribution in [0, 0.1) is 5.41 Å². The van der Waals surface area contributed by atoms with Crippen LogP contribution in [0.1, 0.15) is 27.2 Å². The average Bonchev–Trinajstić information content (AvgIpc) is 1.86. The van der Waals surface area contributed by atoms with Crippen LogP contribution < -0.4 is 5.32 Å². The highest BCUT2D eigenvalue weighted by molar-refractivity contribution is 5.89. The lowest BCUT2D eigenvalue weighted by atomic mass is 9.83. The molecule has 0 unspecified atom stereocenters. The van der Waals surface area contributed by atoms with E-state index in [0.717, 1.165) is 13.0 Å². The van der Waals surface area contributed by atoms with Crippen molar-refractivity contribution in [2.24, 2.45) is 5.41 Å². The third-order valence-electron chi connectivity index (χ3n) is 1.96. The van der Waals surface area contributed by atoms with Crippen LogP contribution in [-0.4, -0.2) is 12.5 Å². The van der Waals surface area contributed by atoms with Crippen molar-refractivity contribution in [1.29, 1.82) is 0 Å². The van der Waals surface area contributed by atoms with Crippen molar-refractivity contribution >= 4 is 5.91 Å². The van der Waals surface area contributed by atoms with Gasteiger partial charge in [-0.3, -0.25) is 4.79 Å². The molecule has 0 bridgehead atoms. The third-order valence-corrected chi connectivity index (χ3v) is 1.96. The molecule has 2 nitrogen and oxygen atoms in total. The molecule has 1 aliphatic heterocycles. The molecule has 0 aromatic heterocycles. The van der Waals surface area contributed by atoms with Crippen LogP contribution >= 0.6 is 0 Å². The summed E-state index contributed by atoms with van der Waals surface area (Å²) in [6.45, 7) is 7.20. The van der Waals surface area contributed by atoms with Gasteiger partial charge < -0.3 is 5.32 Å². The predicted octanol–water partition coefficient (Wildman–Crippen LogP) is 1.48. The topological polar surface area (TPSA) is 29.1 Å². The van der Waals surface area contributed by atoms with E-state index >= 15 is 0 Å². The maximum Gasteiger partial charge on any atom is 0.243 e. The van der Waals surface area contributed by atoms with Crippen LogP contribution in [0.3, 0.4) is 0 Å². The van der Waals surface area contributed by atoms with E-state index in [1.54, 1.807) is 6.08 Å². The van der Waals surface area contributed by atoms with Crippen LogP contribution in [0.2, 0.25) is 0 Å². The number of hydrogen-bond acceptors (Lipinski definition) is 1. The molecule has 0 fully saturated rings. The minimum Gasteiger partial charge on any atom is -0.352 e. The number of nitrogens with one attached hydrogen (secondary N) is 1. The average molecular weight is 153 g/mol. The second-order valence-corrected chi connectivity index (χ2v) is 3.96. The Morgan fingerprint density at radius 3 is 2.45 bits per heavy atom. The van der Waals surface area contributed by atoms with Crippen LogP contribution in [-0.2, 0) is 4.79 Å². The maximum atomic E-state index is 10.9. The van der Waals surface area contributed by atoms with Crippen molar-refractivity contribution in [3.8, 4) is 0 Å². The lowest BCUT2D eigenvalue weighted by molar-refractivity contribution is -0.116. The summed E-state index contributed by atoms with van der Waals surface area (Å²) in [5, 5.41) is 2.77. The van der Waals surface area contributed by atoms with Crippen molar-refractivity contribution in [2.45, 2.75) is 27.2 Å². The van der Waals surface area contributed by atoms with E-state index in [4.69, 9.17) is 0 Å². The fraction of sp³-hybridized carbons (Fsp3) is 0.667. The third kappa shape index (κ3) is 2.07. The zero-order valence-corrected chi connectivity index (χ0v) is 7.40. The van der Waals surface area contributed by atoms with Gasteiger partial charge in [0.2, 0.25) is 5.91 Å². The lowest BCUT2D eigenvalue weighted by Crippen LogP contribution is -2.30. The Kier molecular flexibility index (Phi) is 2.03. The smallest absolute Gasteiger partial charge is 0.243 e. The van der Waals surface area contributed by atoms with Gasteiger partial charge in [0, 0.05) is 12.6 Å². The molecule has 1 heterocycles. The Balaban J connectivity index is 2.79. The van der Waals surface area contributed by atoms with Gasteiger partial charge in [0.05, 0.1) is 0 Å². The minimum absolute atomic E-state index is 0.0566. The molecule has 0 aliphatic carbocycles. The first kappa shape index (κ1) is 8.31. The van der Waals surface area contributed by atoms with E-state index in [9.17, 15) is 4.79 Å². The van der Waals surface area contributed by atoms with E-state index in [-0.39, 0.29) is 11.3 Å². The van der Waals surface area contributed by atoms with Crippen LogP contribution in [0.4, 0.5) is 0 Å². The van der Waals surface area contributed by atoms with Gasteiger partial charge in [0.25, 0.3) is 0 Å². The minimum atomic E-state index is 0.0566. The Hall–Kier alpha value is -0.790. The molecule has 1 aliphatic rings. The molecular weight excluding hydrogens is 138 g/mol. The summed E-state index contributed by atoms with van der Waals surface area (Å²) in [4.78, 5) is 10.9. The number of amides is 1. The first-order valence-electron chi connectivity index (χ1n) is 3.99. The van der Waals surface area contributed by atoms with Gasteiger partial charge in [-0.1, -0.05) is 26.3 Å². The van der Waals surface area contributed by atoms with Crippen LogP contribution in [0.25, 0.3) is 0 Å². The van der Waals surface area contributed by atoms with E-state index < -0.39 is 0 Å². The summed E-state index contributed by atoms with van der Waals surface area (Å²) in [7, 11) is 0. The normalized spacial score (nSPS) is 19.2. The standard InChI is InChI=1S/C9H15NO/c1-9(2,3)7-4-5-10-8(11)6-7/h6H,4-5H2,1-3H3,(H,10,11). The Labute approximate surface area is 67.7 Å². The molecule has 0 radical (unpaired) electrons. The van der Waals surface area contributed by atoms with Crippen molar-refractivity contribution in [3.05, 3.63) is 11.6 Å². The Morgan fingerprint density at radius 1 is 1.45 bits per heavy atom.